The highest BCUT2D eigenvalue weighted by Gasteiger charge is 2.48. The molecular weight excluding hydrogens is 344 g/mol. The number of fused-ring (bicyclic) bond motifs is 1. The molecule has 0 radical (unpaired) electrons. The third-order valence-electron chi connectivity index (χ3n) is 6.31. The van der Waals surface area contributed by atoms with E-state index in [0.717, 1.165) is 30.4 Å². The van der Waals surface area contributed by atoms with Gasteiger partial charge in [-0.2, -0.15) is 0 Å². The number of carbonyl (C=O) groups excluding carboxylic acids is 1. The van der Waals surface area contributed by atoms with Gasteiger partial charge in [-0.05, 0) is 49.5 Å². The van der Waals surface area contributed by atoms with Gasteiger partial charge in [0.2, 0.25) is 5.75 Å². The molecule has 146 valence electrons. The summed E-state index contributed by atoms with van der Waals surface area (Å²) < 4.78 is 16.3. The Bertz CT molecular complexity index is 807. The quantitative estimate of drug-likeness (QED) is 0.815. The molecule has 1 N–H and O–H groups in total. The van der Waals surface area contributed by atoms with Crippen LogP contribution in [0.2, 0.25) is 0 Å². The molecule has 1 aromatic rings. The average Bonchev–Trinajstić information content (AvgIpc) is 2.67. The Morgan fingerprint density at radius 1 is 1.15 bits per heavy atom. The molecule has 2 aliphatic rings. The molecule has 0 saturated heterocycles. The van der Waals surface area contributed by atoms with Gasteiger partial charge in [0, 0.05) is 16.6 Å². The number of rotatable bonds is 4. The Morgan fingerprint density at radius 2 is 1.85 bits per heavy atom. The summed E-state index contributed by atoms with van der Waals surface area (Å²) in [5.41, 5.74) is 2.07. The number of benzene rings is 1. The lowest BCUT2D eigenvalue weighted by Crippen LogP contribution is -2.46. The summed E-state index contributed by atoms with van der Waals surface area (Å²) >= 11 is 0. The van der Waals surface area contributed by atoms with Crippen molar-refractivity contribution >= 4 is 11.9 Å². The van der Waals surface area contributed by atoms with Crippen molar-refractivity contribution in [2.24, 2.45) is 11.3 Å². The number of allylic oxidation sites excluding steroid dienone is 2. The zero-order chi connectivity index (χ0) is 19.8. The maximum atomic E-state index is 12.9. The van der Waals surface area contributed by atoms with Crippen LogP contribution in [0.15, 0.2) is 29.4 Å². The number of ether oxygens (including phenoxy) is 3. The molecule has 27 heavy (non-hydrogen) atoms. The Morgan fingerprint density at radius 3 is 2.48 bits per heavy atom. The van der Waals surface area contributed by atoms with E-state index in [4.69, 9.17) is 14.2 Å². The fraction of sp³-hybridized carbons (Fsp3) is 0.500. The number of carbonyl (C=O) groups is 1. The van der Waals surface area contributed by atoms with Crippen LogP contribution in [0, 0.1) is 11.3 Å². The van der Waals surface area contributed by atoms with E-state index in [1.165, 1.54) is 0 Å². The van der Waals surface area contributed by atoms with Crippen molar-refractivity contribution in [2.75, 3.05) is 21.3 Å². The Kier molecular flexibility index (Phi) is 5.33. The predicted molar refractivity (Wildman–Crippen MR) is 104 cm³/mol. The highest BCUT2D eigenvalue weighted by molar-refractivity contribution is 6.09. The molecule has 5 nitrogen and oxygen atoms in total. The summed E-state index contributed by atoms with van der Waals surface area (Å²) in [5.74, 6) is 1.48. The molecule has 0 aromatic heterocycles. The molecule has 1 fully saturated rings. The van der Waals surface area contributed by atoms with Crippen LogP contribution in [0.1, 0.15) is 38.7 Å². The normalized spacial score (nSPS) is 29.2. The first-order valence-corrected chi connectivity index (χ1v) is 9.32. The largest absolute Gasteiger partial charge is 0.493 e. The van der Waals surface area contributed by atoms with Crippen LogP contribution in [0.25, 0.3) is 6.08 Å². The summed E-state index contributed by atoms with van der Waals surface area (Å²) in [7, 11) is 4.69. The highest BCUT2D eigenvalue weighted by Crippen LogP contribution is 2.52. The predicted octanol–water partition coefficient (Wildman–Crippen LogP) is 3.79. The summed E-state index contributed by atoms with van der Waals surface area (Å²) in [6.07, 6.45) is 5.69. The number of ketones is 1. The van der Waals surface area contributed by atoms with Crippen LogP contribution in [-0.4, -0.2) is 38.3 Å². The van der Waals surface area contributed by atoms with Gasteiger partial charge >= 0.3 is 0 Å². The number of methoxy groups -OCH3 is 3. The molecule has 0 spiro atoms. The van der Waals surface area contributed by atoms with Gasteiger partial charge in [-0.15, -0.1) is 0 Å². The second-order valence-electron chi connectivity index (χ2n) is 7.47. The van der Waals surface area contributed by atoms with Gasteiger partial charge in [0.15, 0.2) is 17.3 Å². The van der Waals surface area contributed by atoms with E-state index in [-0.39, 0.29) is 11.7 Å². The van der Waals surface area contributed by atoms with Crippen LogP contribution in [0.4, 0.5) is 0 Å². The monoisotopic (exact) mass is 372 g/mol. The molecule has 3 atom stereocenters. The van der Waals surface area contributed by atoms with Crippen LogP contribution >= 0.6 is 0 Å². The third-order valence-corrected chi connectivity index (χ3v) is 6.31. The van der Waals surface area contributed by atoms with Crippen LogP contribution < -0.4 is 14.2 Å². The zero-order valence-corrected chi connectivity index (χ0v) is 16.7. The fourth-order valence-electron chi connectivity index (χ4n) is 4.44. The molecule has 0 unspecified atom stereocenters. The molecule has 2 aliphatic carbocycles. The topological polar surface area (TPSA) is 65.0 Å². The molecule has 0 heterocycles. The van der Waals surface area contributed by atoms with Crippen molar-refractivity contribution in [1.29, 1.82) is 0 Å². The minimum atomic E-state index is -0.448. The summed E-state index contributed by atoms with van der Waals surface area (Å²) in [5, 5.41) is 10.7. The first kappa shape index (κ1) is 19.5. The van der Waals surface area contributed by atoms with Crippen molar-refractivity contribution in [2.45, 2.75) is 39.2 Å². The fourth-order valence-corrected chi connectivity index (χ4v) is 4.44. The Balaban J connectivity index is 2.12. The Hall–Kier alpha value is -2.27. The van der Waals surface area contributed by atoms with Crippen molar-refractivity contribution < 1.29 is 24.1 Å². The van der Waals surface area contributed by atoms with E-state index in [0.29, 0.717) is 22.8 Å². The third kappa shape index (κ3) is 3.04. The lowest BCUT2D eigenvalue weighted by molar-refractivity contribution is -0.113. The van der Waals surface area contributed by atoms with Crippen LogP contribution in [0.3, 0.4) is 0 Å². The zero-order valence-electron chi connectivity index (χ0n) is 16.7. The molecule has 0 amide bonds. The minimum Gasteiger partial charge on any atom is -0.493 e. The molecule has 5 heteroatoms. The van der Waals surface area contributed by atoms with E-state index in [1.807, 2.05) is 19.1 Å². The van der Waals surface area contributed by atoms with Gasteiger partial charge in [-0.1, -0.05) is 19.4 Å². The van der Waals surface area contributed by atoms with E-state index in [2.05, 4.69) is 6.92 Å². The van der Waals surface area contributed by atoms with Crippen LogP contribution in [0.5, 0.6) is 17.2 Å². The first-order valence-electron chi connectivity index (χ1n) is 9.32. The Labute approximate surface area is 160 Å². The van der Waals surface area contributed by atoms with E-state index < -0.39 is 11.5 Å². The summed E-state index contributed by atoms with van der Waals surface area (Å²) in [4.78, 5) is 12.9. The standard InChI is InChI=1S/C22H28O5/c1-13-16(17(23)12-15-7-6-8-19(24)22(13,15)2)11-14-9-10-18(25-3)21(27-5)20(14)26-4/h9-13,19,24H,6-8H2,1-5H3/t13-,19-,22-/m0/s1. The van der Waals surface area contributed by atoms with Gasteiger partial charge in [0.25, 0.3) is 0 Å². The molecule has 1 saturated carbocycles. The highest BCUT2D eigenvalue weighted by atomic mass is 16.5. The lowest BCUT2D eigenvalue weighted by atomic mass is 9.57. The van der Waals surface area contributed by atoms with Crippen LogP contribution in [-0.2, 0) is 4.79 Å². The molecule has 0 bridgehead atoms. The summed E-state index contributed by atoms with van der Waals surface area (Å²) in [6.45, 7) is 4.10. The SMILES string of the molecule is COc1ccc(C=C2C(=O)C=C3CCC[C@H](O)[C@@]3(C)[C@H]2C)c(OC)c1OC. The maximum Gasteiger partial charge on any atom is 0.203 e. The second-order valence-corrected chi connectivity index (χ2v) is 7.47. The average molecular weight is 372 g/mol. The molecule has 3 rings (SSSR count). The van der Waals surface area contributed by atoms with Crippen molar-refractivity contribution in [1.82, 2.24) is 0 Å². The lowest BCUT2D eigenvalue weighted by Gasteiger charge is -2.48. The molecular formula is C22H28O5. The van der Waals surface area contributed by atoms with E-state index >= 15 is 0 Å². The smallest absolute Gasteiger partial charge is 0.203 e. The molecule has 1 aromatic carbocycles. The maximum absolute atomic E-state index is 12.9. The summed E-state index contributed by atoms with van der Waals surface area (Å²) in [6, 6.07) is 3.65. The van der Waals surface area contributed by atoms with Gasteiger partial charge in [-0.3, -0.25) is 4.79 Å². The van der Waals surface area contributed by atoms with Crippen molar-refractivity contribution in [3.05, 3.63) is 34.9 Å². The van der Waals surface area contributed by atoms with Crippen molar-refractivity contribution in [3.8, 4) is 17.2 Å². The van der Waals surface area contributed by atoms with Crippen molar-refractivity contribution in [3.63, 3.8) is 0 Å². The van der Waals surface area contributed by atoms with Gasteiger partial charge < -0.3 is 19.3 Å². The number of aliphatic hydroxyl groups excluding tert-OH is 1. The van der Waals surface area contributed by atoms with E-state index in [9.17, 15) is 9.90 Å². The molecule has 0 aliphatic heterocycles. The van der Waals surface area contributed by atoms with E-state index in [1.54, 1.807) is 33.5 Å². The second kappa shape index (κ2) is 7.39. The van der Waals surface area contributed by atoms with Gasteiger partial charge in [0.1, 0.15) is 0 Å². The first-order chi connectivity index (χ1) is 12.9. The number of hydrogen-bond donors (Lipinski definition) is 1. The van der Waals surface area contributed by atoms with Gasteiger partial charge in [-0.25, -0.2) is 0 Å². The number of aliphatic hydroxyl groups is 1. The number of hydrogen-bond acceptors (Lipinski definition) is 5. The van der Waals surface area contributed by atoms with Gasteiger partial charge in [0.05, 0.1) is 27.4 Å². The minimum absolute atomic E-state index is 0.000845.